The third kappa shape index (κ3) is 3.43. The van der Waals surface area contributed by atoms with E-state index in [9.17, 15) is 17.2 Å². The van der Waals surface area contributed by atoms with E-state index in [0.29, 0.717) is 5.92 Å². The van der Waals surface area contributed by atoms with Crippen molar-refractivity contribution in [2.24, 2.45) is 5.92 Å². The average Bonchev–Trinajstić information content (AvgIpc) is 2.90. The number of anilines is 1. The molecule has 0 amide bonds. The molecule has 0 heterocycles. The van der Waals surface area contributed by atoms with Crippen molar-refractivity contribution in [2.75, 3.05) is 11.9 Å². The monoisotopic (exact) mass is 289 g/mol. The minimum Gasteiger partial charge on any atom is -0.385 e. The molecule has 0 aromatic heterocycles. The molecule has 19 heavy (non-hydrogen) atoms. The van der Waals surface area contributed by atoms with Crippen LogP contribution < -0.4 is 5.32 Å². The van der Waals surface area contributed by atoms with Crippen molar-refractivity contribution in [1.82, 2.24) is 0 Å². The van der Waals surface area contributed by atoms with E-state index >= 15 is 0 Å². The quantitative estimate of drug-likeness (QED) is 0.904. The Kier molecular flexibility index (Phi) is 4.39. The molecule has 0 spiro atoms. The molecule has 0 unspecified atom stereocenters. The third-order valence-corrected chi connectivity index (χ3v) is 4.89. The molecule has 2 rings (SSSR count). The third-order valence-electron chi connectivity index (χ3n) is 3.49. The summed E-state index contributed by atoms with van der Waals surface area (Å²) in [6.07, 6.45) is 4.95. The van der Waals surface area contributed by atoms with Crippen molar-refractivity contribution in [3.8, 4) is 0 Å². The number of halogens is 2. The summed E-state index contributed by atoms with van der Waals surface area (Å²) in [6, 6.07) is 5.51. The largest absolute Gasteiger partial charge is 0.385 e. The number of sulfone groups is 1. The highest BCUT2D eigenvalue weighted by Crippen LogP contribution is 2.25. The topological polar surface area (TPSA) is 46.2 Å². The minimum absolute atomic E-state index is 0.339. The van der Waals surface area contributed by atoms with Gasteiger partial charge in [0.2, 0.25) is 9.84 Å². The van der Waals surface area contributed by atoms with Crippen molar-refractivity contribution in [2.45, 2.75) is 36.3 Å². The molecule has 1 aromatic carbocycles. The highest BCUT2D eigenvalue weighted by molar-refractivity contribution is 7.91. The number of nitrogens with one attached hydrogen (secondary N) is 1. The summed E-state index contributed by atoms with van der Waals surface area (Å²) in [7, 11) is -4.49. The summed E-state index contributed by atoms with van der Waals surface area (Å²) in [6.45, 7) is 0.848. The first-order valence-corrected chi connectivity index (χ1v) is 7.91. The molecule has 1 aliphatic carbocycles. The predicted molar refractivity (Wildman–Crippen MR) is 70.1 cm³/mol. The van der Waals surface area contributed by atoms with Crippen molar-refractivity contribution in [1.29, 1.82) is 0 Å². The maximum atomic E-state index is 12.3. The molecule has 1 fully saturated rings. The van der Waals surface area contributed by atoms with E-state index in [2.05, 4.69) is 5.32 Å². The Hall–Kier alpha value is -1.17. The fourth-order valence-corrected chi connectivity index (χ4v) is 3.06. The first-order valence-electron chi connectivity index (χ1n) is 6.36. The molecule has 0 atom stereocenters. The van der Waals surface area contributed by atoms with Crippen molar-refractivity contribution in [3.63, 3.8) is 0 Å². The fourth-order valence-electron chi connectivity index (χ4n) is 2.34. The van der Waals surface area contributed by atoms with Gasteiger partial charge in [-0.15, -0.1) is 0 Å². The van der Waals surface area contributed by atoms with Crippen LogP contribution in [0.1, 0.15) is 25.7 Å². The maximum absolute atomic E-state index is 12.3. The fraction of sp³-hybridized carbons (Fsp3) is 0.538. The Balaban J connectivity index is 1.98. The molecule has 1 aliphatic rings. The van der Waals surface area contributed by atoms with Gasteiger partial charge in [0.1, 0.15) is 0 Å². The van der Waals surface area contributed by atoms with Crippen molar-refractivity contribution in [3.05, 3.63) is 24.3 Å². The molecule has 6 heteroatoms. The van der Waals surface area contributed by atoms with Crippen LogP contribution in [0.25, 0.3) is 0 Å². The van der Waals surface area contributed by atoms with E-state index < -0.39 is 15.6 Å². The molecule has 1 saturated carbocycles. The van der Waals surface area contributed by atoms with Gasteiger partial charge in [-0.05, 0) is 43.0 Å². The first-order chi connectivity index (χ1) is 9.00. The first kappa shape index (κ1) is 14.2. The molecule has 0 bridgehead atoms. The Morgan fingerprint density at radius 3 is 2.26 bits per heavy atom. The summed E-state index contributed by atoms with van der Waals surface area (Å²) in [5.74, 6) is -2.71. The number of rotatable bonds is 5. The predicted octanol–water partition coefficient (Wildman–Crippen LogP) is 3.29. The highest BCUT2D eigenvalue weighted by atomic mass is 32.2. The van der Waals surface area contributed by atoms with E-state index in [1.165, 1.54) is 49.9 Å². The Morgan fingerprint density at radius 1 is 1.16 bits per heavy atom. The Morgan fingerprint density at radius 2 is 1.74 bits per heavy atom. The zero-order chi connectivity index (χ0) is 13.9. The summed E-state index contributed by atoms with van der Waals surface area (Å²) >= 11 is 0. The number of benzene rings is 1. The van der Waals surface area contributed by atoms with Crippen LogP contribution in [-0.4, -0.2) is 20.7 Å². The van der Waals surface area contributed by atoms with Crippen molar-refractivity contribution >= 4 is 15.5 Å². The summed E-state index contributed by atoms with van der Waals surface area (Å²) in [5.41, 5.74) is 0.764. The van der Waals surface area contributed by atoms with Crippen LogP contribution in [0, 0.1) is 5.92 Å². The second-order valence-electron chi connectivity index (χ2n) is 4.86. The van der Waals surface area contributed by atoms with E-state index in [1.807, 2.05) is 0 Å². The standard InChI is InChI=1S/C13H17F2NO2S/c14-13(15)19(17,18)12-7-5-11(6-8-12)16-9-10-3-1-2-4-10/h5-8,10,13,16H,1-4,9H2. The van der Waals surface area contributed by atoms with E-state index in [-0.39, 0.29) is 4.90 Å². The number of hydrogen-bond acceptors (Lipinski definition) is 3. The summed E-state index contributed by atoms with van der Waals surface area (Å²) in [4.78, 5) is -0.339. The second kappa shape index (κ2) is 5.86. The lowest BCUT2D eigenvalue weighted by Gasteiger charge is -2.12. The van der Waals surface area contributed by atoms with E-state index in [1.54, 1.807) is 0 Å². The summed E-state index contributed by atoms with van der Waals surface area (Å²) in [5, 5.41) is 3.21. The number of alkyl halides is 2. The van der Waals surface area contributed by atoms with Gasteiger partial charge in [0.15, 0.2) is 0 Å². The minimum atomic E-state index is -4.49. The smallest absolute Gasteiger partial charge is 0.341 e. The molecule has 0 saturated heterocycles. The van der Waals surface area contributed by atoms with Gasteiger partial charge in [-0.3, -0.25) is 0 Å². The SMILES string of the molecule is O=S(=O)(c1ccc(NCC2CCCC2)cc1)C(F)F. The lowest BCUT2D eigenvalue weighted by molar-refractivity contribution is 0.234. The lowest BCUT2D eigenvalue weighted by Crippen LogP contribution is -2.12. The van der Waals surface area contributed by atoms with Crippen molar-refractivity contribution < 1.29 is 17.2 Å². The van der Waals surface area contributed by atoms with Gasteiger partial charge in [0.25, 0.3) is 0 Å². The normalized spacial score (nSPS) is 17.0. The van der Waals surface area contributed by atoms with Gasteiger partial charge < -0.3 is 5.32 Å². The molecular formula is C13H17F2NO2S. The van der Waals surface area contributed by atoms with Gasteiger partial charge in [-0.2, -0.15) is 8.78 Å². The highest BCUT2D eigenvalue weighted by Gasteiger charge is 2.26. The molecule has 3 nitrogen and oxygen atoms in total. The summed E-state index contributed by atoms with van der Waals surface area (Å²) < 4.78 is 47.2. The van der Waals surface area contributed by atoms with Gasteiger partial charge >= 0.3 is 5.76 Å². The number of hydrogen-bond donors (Lipinski definition) is 1. The van der Waals surface area contributed by atoms with Crippen LogP contribution in [0.15, 0.2) is 29.2 Å². The van der Waals surface area contributed by atoms with Crippen LogP contribution in [0.4, 0.5) is 14.5 Å². The van der Waals surface area contributed by atoms with Crippen LogP contribution in [0.2, 0.25) is 0 Å². The molecule has 0 aliphatic heterocycles. The van der Waals surface area contributed by atoms with E-state index in [0.717, 1.165) is 12.2 Å². The Labute approximate surface area is 111 Å². The van der Waals surface area contributed by atoms with Crippen LogP contribution in [0.5, 0.6) is 0 Å². The van der Waals surface area contributed by atoms with Crippen LogP contribution in [-0.2, 0) is 9.84 Å². The zero-order valence-corrected chi connectivity index (χ0v) is 11.3. The Bertz CT molecular complexity index is 508. The van der Waals surface area contributed by atoms with Gasteiger partial charge in [0.05, 0.1) is 4.90 Å². The molecule has 1 aromatic rings. The lowest BCUT2D eigenvalue weighted by atomic mass is 10.1. The molecule has 106 valence electrons. The van der Waals surface area contributed by atoms with E-state index in [4.69, 9.17) is 0 Å². The average molecular weight is 289 g/mol. The molecule has 1 N–H and O–H groups in total. The maximum Gasteiger partial charge on any atom is 0.341 e. The van der Waals surface area contributed by atoms with Crippen LogP contribution in [0.3, 0.4) is 0 Å². The molecular weight excluding hydrogens is 272 g/mol. The van der Waals surface area contributed by atoms with Gasteiger partial charge in [-0.25, -0.2) is 8.42 Å². The van der Waals surface area contributed by atoms with Crippen LogP contribution >= 0.6 is 0 Å². The molecule has 0 radical (unpaired) electrons. The van der Waals surface area contributed by atoms with Gasteiger partial charge in [-0.1, -0.05) is 12.8 Å². The zero-order valence-electron chi connectivity index (χ0n) is 10.5. The second-order valence-corrected chi connectivity index (χ2v) is 6.78. The van der Waals surface area contributed by atoms with Gasteiger partial charge in [0, 0.05) is 12.2 Å².